The molecule has 3 heterocycles. The Labute approximate surface area is 179 Å². The zero-order valence-electron chi connectivity index (χ0n) is 16.8. The van der Waals surface area contributed by atoms with Crippen LogP contribution in [0.1, 0.15) is 35.1 Å². The number of nitrogens with zero attached hydrogens (tertiary/aromatic N) is 4. The number of thiazole rings is 1. The van der Waals surface area contributed by atoms with Gasteiger partial charge in [0.25, 0.3) is 10.1 Å². The van der Waals surface area contributed by atoms with Gasteiger partial charge in [0, 0.05) is 18.8 Å². The monoisotopic (exact) mass is 442 g/mol. The summed E-state index contributed by atoms with van der Waals surface area (Å²) in [5, 5.41) is 8.98. The Morgan fingerprint density at radius 2 is 1.80 bits per heavy atom. The van der Waals surface area contributed by atoms with E-state index in [9.17, 15) is 13.0 Å². The van der Waals surface area contributed by atoms with Crippen molar-refractivity contribution in [3.63, 3.8) is 0 Å². The van der Waals surface area contributed by atoms with Crippen molar-refractivity contribution < 1.29 is 13.0 Å². The number of hydrogen-bond acceptors (Lipinski definition) is 7. The predicted octanol–water partition coefficient (Wildman–Crippen LogP) is 5.27. The molecule has 0 bridgehead atoms. The summed E-state index contributed by atoms with van der Waals surface area (Å²) in [4.78, 5) is 6.63. The predicted molar refractivity (Wildman–Crippen MR) is 118 cm³/mol. The first-order valence-electron chi connectivity index (χ1n) is 10.0. The van der Waals surface area contributed by atoms with Crippen LogP contribution >= 0.6 is 11.3 Å². The van der Waals surface area contributed by atoms with Gasteiger partial charge in [-0.1, -0.05) is 11.3 Å². The number of benzene rings is 2. The molecule has 5 rings (SSSR count). The van der Waals surface area contributed by atoms with Crippen LogP contribution in [-0.4, -0.2) is 31.0 Å². The third kappa shape index (κ3) is 3.30. The minimum Gasteiger partial charge on any atom is -0.371 e. The summed E-state index contributed by atoms with van der Waals surface area (Å²) in [7, 11) is -4.44. The second-order valence-corrected chi connectivity index (χ2v) is 10.3. The topological polar surface area (TPSA) is 95.2 Å². The highest BCUT2D eigenvalue weighted by Gasteiger charge is 2.32. The van der Waals surface area contributed by atoms with Gasteiger partial charge in [-0.15, -0.1) is 10.2 Å². The smallest absolute Gasteiger partial charge is 0.297 e. The molecular weight excluding hydrogens is 420 g/mol. The zero-order chi connectivity index (χ0) is 21.0. The summed E-state index contributed by atoms with van der Waals surface area (Å²) in [6.45, 7) is 5.92. The molecule has 2 aliphatic heterocycles. The van der Waals surface area contributed by atoms with E-state index >= 15 is 0 Å². The van der Waals surface area contributed by atoms with Crippen LogP contribution in [0, 0.1) is 13.8 Å². The van der Waals surface area contributed by atoms with E-state index < -0.39 is 10.1 Å². The van der Waals surface area contributed by atoms with Crippen molar-refractivity contribution in [2.24, 2.45) is 10.2 Å². The number of aryl methyl sites for hydroxylation is 3. The van der Waals surface area contributed by atoms with E-state index in [2.05, 4.69) is 33.1 Å². The molecule has 0 atom stereocenters. The van der Waals surface area contributed by atoms with E-state index in [1.165, 1.54) is 16.9 Å². The average Bonchev–Trinajstić information content (AvgIpc) is 3.07. The third-order valence-corrected chi connectivity index (χ3v) is 7.82. The molecule has 9 heteroatoms. The van der Waals surface area contributed by atoms with Crippen LogP contribution in [0.25, 0.3) is 10.2 Å². The van der Waals surface area contributed by atoms with Crippen molar-refractivity contribution in [2.45, 2.75) is 44.4 Å². The molecule has 156 valence electrons. The molecule has 0 saturated heterocycles. The Bertz CT molecular complexity index is 1270. The molecule has 3 aromatic rings. The fraction of sp³-hybridized carbons (Fsp3) is 0.381. The molecule has 0 spiro atoms. The van der Waals surface area contributed by atoms with E-state index in [4.69, 9.17) is 0 Å². The standard InChI is InChI=1S/C21H22N4O3S2/c1-12-9-16-18(10-13(12)2)29-21(22-16)24-23-17-11-14-5-3-7-25-8-4-6-15(19(14)25)20(17)30(26,27)28/h9-11H,3-8H2,1-2H3,(H,26,27,28). The molecule has 1 N–H and O–H groups in total. The molecule has 7 nitrogen and oxygen atoms in total. The van der Waals surface area contributed by atoms with E-state index in [0.29, 0.717) is 17.1 Å². The van der Waals surface area contributed by atoms with Gasteiger partial charge in [-0.25, -0.2) is 4.98 Å². The molecule has 0 amide bonds. The number of hydrogen-bond donors (Lipinski definition) is 1. The molecule has 0 aliphatic carbocycles. The normalized spacial score (nSPS) is 16.4. The SMILES string of the molecule is Cc1cc2nc(N=Nc3cc4c5c(c3S(=O)(=O)O)CCCN5CCC4)sc2cc1C. The summed E-state index contributed by atoms with van der Waals surface area (Å²) in [6.07, 6.45) is 3.35. The van der Waals surface area contributed by atoms with Gasteiger partial charge < -0.3 is 4.90 Å². The summed E-state index contributed by atoms with van der Waals surface area (Å²) >= 11 is 1.41. The van der Waals surface area contributed by atoms with Crippen molar-refractivity contribution in [3.05, 3.63) is 40.5 Å². The van der Waals surface area contributed by atoms with Gasteiger partial charge in [0.05, 0.1) is 10.2 Å². The summed E-state index contributed by atoms with van der Waals surface area (Å²) in [6, 6.07) is 5.86. The Balaban J connectivity index is 1.64. The van der Waals surface area contributed by atoms with Gasteiger partial charge in [0.2, 0.25) is 5.13 Å². The van der Waals surface area contributed by atoms with Crippen molar-refractivity contribution >= 4 is 48.2 Å². The number of anilines is 1. The Morgan fingerprint density at radius 1 is 1.07 bits per heavy atom. The van der Waals surface area contributed by atoms with Crippen molar-refractivity contribution in [1.82, 2.24) is 4.98 Å². The van der Waals surface area contributed by atoms with Crippen LogP contribution in [0.2, 0.25) is 0 Å². The van der Waals surface area contributed by atoms with Crippen LogP contribution in [0.15, 0.2) is 33.3 Å². The largest absolute Gasteiger partial charge is 0.371 e. The molecule has 1 aromatic heterocycles. The Hall–Kier alpha value is -2.36. The van der Waals surface area contributed by atoms with Crippen LogP contribution in [0.3, 0.4) is 0 Å². The minimum atomic E-state index is -4.44. The van der Waals surface area contributed by atoms with Gasteiger partial charge in [0.1, 0.15) is 10.6 Å². The molecule has 0 saturated carbocycles. The quantitative estimate of drug-likeness (QED) is 0.440. The lowest BCUT2D eigenvalue weighted by Crippen LogP contribution is -2.35. The van der Waals surface area contributed by atoms with Crippen LogP contribution < -0.4 is 4.90 Å². The average molecular weight is 443 g/mol. The highest BCUT2D eigenvalue weighted by atomic mass is 32.2. The molecular formula is C21H22N4O3S2. The van der Waals surface area contributed by atoms with Crippen LogP contribution in [-0.2, 0) is 23.0 Å². The van der Waals surface area contributed by atoms with Gasteiger partial charge in [-0.3, -0.25) is 4.55 Å². The van der Waals surface area contributed by atoms with E-state index in [0.717, 1.165) is 59.4 Å². The third-order valence-electron chi connectivity index (χ3n) is 5.95. The fourth-order valence-corrected chi connectivity index (χ4v) is 6.22. The maximum absolute atomic E-state index is 12.3. The Kier molecular flexibility index (Phi) is 4.64. The number of fused-ring (bicyclic) bond motifs is 1. The number of rotatable bonds is 3. The second kappa shape index (κ2) is 7.11. The maximum atomic E-state index is 12.3. The van der Waals surface area contributed by atoms with Gasteiger partial charge >= 0.3 is 0 Å². The van der Waals surface area contributed by atoms with Crippen molar-refractivity contribution in [3.8, 4) is 0 Å². The van der Waals surface area contributed by atoms with E-state index in [1.54, 1.807) is 6.07 Å². The molecule has 2 aliphatic rings. The second-order valence-electron chi connectivity index (χ2n) is 7.98. The van der Waals surface area contributed by atoms with Crippen LogP contribution in [0.5, 0.6) is 0 Å². The van der Waals surface area contributed by atoms with Gasteiger partial charge in [-0.2, -0.15) is 8.42 Å². The van der Waals surface area contributed by atoms with Crippen molar-refractivity contribution in [2.75, 3.05) is 18.0 Å². The fourth-order valence-electron chi connectivity index (χ4n) is 4.48. The van der Waals surface area contributed by atoms with Crippen LogP contribution in [0.4, 0.5) is 16.5 Å². The number of aromatic nitrogens is 1. The van der Waals surface area contributed by atoms with Crippen molar-refractivity contribution in [1.29, 1.82) is 0 Å². The first-order chi connectivity index (χ1) is 14.3. The molecule has 30 heavy (non-hydrogen) atoms. The van der Waals surface area contributed by atoms with Gasteiger partial charge in [0.15, 0.2) is 0 Å². The maximum Gasteiger partial charge on any atom is 0.297 e. The Morgan fingerprint density at radius 3 is 2.57 bits per heavy atom. The highest BCUT2D eigenvalue weighted by molar-refractivity contribution is 7.86. The molecule has 0 radical (unpaired) electrons. The van der Waals surface area contributed by atoms with Gasteiger partial charge in [-0.05, 0) is 80.0 Å². The molecule has 0 unspecified atom stereocenters. The lowest BCUT2D eigenvalue weighted by Gasteiger charge is -2.37. The first-order valence-corrected chi connectivity index (χ1v) is 12.3. The summed E-state index contributed by atoms with van der Waals surface area (Å²) in [5.74, 6) is 0. The van der Waals surface area contributed by atoms with E-state index in [-0.39, 0.29) is 10.6 Å². The first kappa shape index (κ1) is 19.6. The highest BCUT2D eigenvalue weighted by Crippen LogP contribution is 2.44. The summed E-state index contributed by atoms with van der Waals surface area (Å²) in [5.41, 5.74) is 6.10. The summed E-state index contributed by atoms with van der Waals surface area (Å²) < 4.78 is 35.6. The minimum absolute atomic E-state index is 0.107. The molecule has 2 aromatic carbocycles. The molecule has 0 fully saturated rings. The zero-order valence-corrected chi connectivity index (χ0v) is 18.5. The number of azo groups is 1. The lowest BCUT2D eigenvalue weighted by atomic mass is 9.91. The van der Waals surface area contributed by atoms with E-state index in [1.807, 2.05) is 13.0 Å². The lowest BCUT2D eigenvalue weighted by molar-refractivity contribution is 0.481.